The van der Waals surface area contributed by atoms with E-state index in [0.717, 1.165) is 12.8 Å². The van der Waals surface area contributed by atoms with Gasteiger partial charge in [-0.05, 0) is 25.8 Å². The molecule has 0 aromatic rings. The Morgan fingerprint density at radius 3 is 2.36 bits per heavy atom. The lowest BCUT2D eigenvalue weighted by atomic mass is 9.84. The number of ether oxygens (including phenoxy) is 1. The van der Waals surface area contributed by atoms with Gasteiger partial charge in [-0.15, -0.1) is 12.4 Å². The summed E-state index contributed by atoms with van der Waals surface area (Å²) in [6.45, 7) is 0. The fourth-order valence-electron chi connectivity index (χ4n) is 2.14. The maximum atomic E-state index is 11.4. The Morgan fingerprint density at radius 1 is 1.36 bits per heavy atom. The quantitative estimate of drug-likeness (QED) is 0.738. The smallest absolute Gasteiger partial charge is 0.323 e. The van der Waals surface area contributed by atoms with Crippen LogP contribution >= 0.6 is 12.4 Å². The highest BCUT2D eigenvalue weighted by atomic mass is 35.5. The molecule has 0 heterocycles. The van der Waals surface area contributed by atoms with Gasteiger partial charge in [0.05, 0.1) is 7.11 Å². The largest absolute Gasteiger partial charge is 0.468 e. The molecule has 0 saturated heterocycles. The van der Waals surface area contributed by atoms with E-state index in [1.165, 1.54) is 26.4 Å². The van der Waals surface area contributed by atoms with Crippen molar-refractivity contribution in [3.05, 3.63) is 0 Å². The van der Waals surface area contributed by atoms with Gasteiger partial charge in [0.25, 0.3) is 0 Å². The minimum atomic E-state index is -0.116. The molecule has 1 fully saturated rings. The summed E-state index contributed by atoms with van der Waals surface area (Å²) in [4.78, 5) is 11.4. The van der Waals surface area contributed by atoms with Gasteiger partial charge in [-0.2, -0.15) is 0 Å². The molecule has 84 valence electrons. The van der Waals surface area contributed by atoms with Crippen LogP contribution in [0.15, 0.2) is 0 Å². The van der Waals surface area contributed by atoms with Crippen molar-refractivity contribution in [3.63, 3.8) is 0 Å². The molecule has 0 amide bonds. The van der Waals surface area contributed by atoms with Gasteiger partial charge in [0.2, 0.25) is 0 Å². The summed E-state index contributed by atoms with van der Waals surface area (Å²) in [5.74, 6) is 0.362. The van der Waals surface area contributed by atoms with Gasteiger partial charge >= 0.3 is 5.97 Å². The summed E-state index contributed by atoms with van der Waals surface area (Å²) in [5.41, 5.74) is 0. The first-order valence-corrected chi connectivity index (χ1v) is 5.04. The molecule has 1 aliphatic carbocycles. The average molecular weight is 222 g/mol. The van der Waals surface area contributed by atoms with Crippen molar-refractivity contribution in [2.24, 2.45) is 5.92 Å². The van der Waals surface area contributed by atoms with Gasteiger partial charge in [-0.25, -0.2) is 0 Å². The van der Waals surface area contributed by atoms with Crippen LogP contribution in [-0.2, 0) is 9.53 Å². The first-order chi connectivity index (χ1) is 6.29. The van der Waals surface area contributed by atoms with E-state index in [2.05, 4.69) is 5.32 Å². The Morgan fingerprint density at radius 2 is 1.93 bits per heavy atom. The Labute approximate surface area is 92.0 Å². The monoisotopic (exact) mass is 221 g/mol. The minimum Gasteiger partial charge on any atom is -0.468 e. The number of carbonyl (C=O) groups excluding carboxylic acids is 1. The molecule has 1 rings (SSSR count). The number of hydrogen-bond acceptors (Lipinski definition) is 3. The van der Waals surface area contributed by atoms with E-state index in [0.29, 0.717) is 5.92 Å². The van der Waals surface area contributed by atoms with E-state index in [9.17, 15) is 4.79 Å². The van der Waals surface area contributed by atoms with Crippen LogP contribution in [0.2, 0.25) is 0 Å². The van der Waals surface area contributed by atoms with Crippen LogP contribution in [0.5, 0.6) is 0 Å². The minimum absolute atomic E-state index is 0. The molecule has 1 N–H and O–H groups in total. The molecule has 0 aromatic carbocycles. The molecule has 1 saturated carbocycles. The second kappa shape index (κ2) is 7.07. The second-order valence-corrected chi connectivity index (χ2v) is 3.69. The number of esters is 1. The van der Waals surface area contributed by atoms with E-state index in [1.807, 2.05) is 7.05 Å². The summed E-state index contributed by atoms with van der Waals surface area (Å²) in [6.07, 6.45) is 6.12. The topological polar surface area (TPSA) is 38.3 Å². The van der Waals surface area contributed by atoms with Crippen molar-refractivity contribution in [2.45, 2.75) is 38.1 Å². The maximum absolute atomic E-state index is 11.4. The lowest BCUT2D eigenvalue weighted by Gasteiger charge is -2.27. The third-order valence-corrected chi connectivity index (χ3v) is 2.89. The van der Waals surface area contributed by atoms with Crippen molar-refractivity contribution in [2.75, 3.05) is 14.2 Å². The molecule has 1 atom stereocenters. The van der Waals surface area contributed by atoms with Crippen LogP contribution in [0.1, 0.15) is 32.1 Å². The molecule has 3 nitrogen and oxygen atoms in total. The van der Waals surface area contributed by atoms with Gasteiger partial charge in [0, 0.05) is 0 Å². The number of hydrogen-bond donors (Lipinski definition) is 1. The lowest BCUT2D eigenvalue weighted by molar-refractivity contribution is -0.144. The predicted molar refractivity (Wildman–Crippen MR) is 58.7 cm³/mol. The van der Waals surface area contributed by atoms with E-state index in [4.69, 9.17) is 4.74 Å². The zero-order valence-corrected chi connectivity index (χ0v) is 9.73. The van der Waals surface area contributed by atoms with E-state index < -0.39 is 0 Å². The molecule has 0 bridgehead atoms. The van der Waals surface area contributed by atoms with E-state index in [-0.39, 0.29) is 24.4 Å². The first-order valence-electron chi connectivity index (χ1n) is 5.04. The summed E-state index contributed by atoms with van der Waals surface area (Å²) in [5, 5.41) is 3.05. The Hall–Kier alpha value is -0.280. The summed E-state index contributed by atoms with van der Waals surface area (Å²) in [6, 6.07) is -0.0923. The molecule has 4 heteroatoms. The standard InChI is InChI=1S/C10H19NO2.ClH/c1-11-9(10(12)13-2)8-6-4-3-5-7-8;/h8-9,11H,3-7H2,1-2H3;1H/t9-;/m0./s1. The molecule has 14 heavy (non-hydrogen) atoms. The summed E-state index contributed by atoms with van der Waals surface area (Å²) < 4.78 is 4.76. The SMILES string of the molecule is CN[C@H](C(=O)OC)C1CCCCC1.Cl. The van der Waals surface area contributed by atoms with E-state index in [1.54, 1.807) is 0 Å². The van der Waals surface area contributed by atoms with Crippen LogP contribution < -0.4 is 5.32 Å². The van der Waals surface area contributed by atoms with Gasteiger partial charge in [-0.1, -0.05) is 19.3 Å². The molecule has 0 unspecified atom stereocenters. The van der Waals surface area contributed by atoms with Crippen molar-refractivity contribution in [1.82, 2.24) is 5.32 Å². The molecule has 0 radical (unpaired) electrons. The predicted octanol–water partition coefficient (Wildman–Crippen LogP) is 1.75. The van der Waals surface area contributed by atoms with Crippen LogP contribution in [0.4, 0.5) is 0 Å². The number of halogens is 1. The Kier molecular flexibility index (Phi) is 6.93. The first kappa shape index (κ1) is 13.7. The summed E-state index contributed by atoms with van der Waals surface area (Å²) in [7, 11) is 3.28. The third kappa shape index (κ3) is 3.46. The maximum Gasteiger partial charge on any atom is 0.323 e. The van der Waals surface area contributed by atoms with Gasteiger partial charge in [-0.3, -0.25) is 4.79 Å². The zero-order chi connectivity index (χ0) is 9.68. The molecule has 0 aromatic heterocycles. The highest BCUT2D eigenvalue weighted by Crippen LogP contribution is 2.26. The number of likely N-dealkylation sites (N-methyl/N-ethyl adjacent to an activating group) is 1. The van der Waals surface area contributed by atoms with Crippen LogP contribution in [0, 0.1) is 5.92 Å². The Bertz CT molecular complexity index is 170. The fourth-order valence-corrected chi connectivity index (χ4v) is 2.14. The molecular formula is C10H20ClNO2. The fraction of sp³-hybridized carbons (Fsp3) is 0.900. The van der Waals surface area contributed by atoms with Crippen LogP contribution in [-0.4, -0.2) is 26.2 Å². The summed E-state index contributed by atoms with van der Waals surface area (Å²) >= 11 is 0. The zero-order valence-electron chi connectivity index (χ0n) is 8.91. The van der Waals surface area contributed by atoms with Crippen LogP contribution in [0.3, 0.4) is 0 Å². The van der Waals surface area contributed by atoms with Crippen molar-refractivity contribution < 1.29 is 9.53 Å². The van der Waals surface area contributed by atoms with Crippen LogP contribution in [0.25, 0.3) is 0 Å². The molecule has 0 aliphatic heterocycles. The van der Waals surface area contributed by atoms with Crippen molar-refractivity contribution >= 4 is 18.4 Å². The number of nitrogens with one attached hydrogen (secondary N) is 1. The number of methoxy groups -OCH3 is 1. The molecule has 0 spiro atoms. The lowest BCUT2D eigenvalue weighted by Crippen LogP contribution is -2.42. The van der Waals surface area contributed by atoms with Crippen molar-refractivity contribution in [3.8, 4) is 0 Å². The highest BCUT2D eigenvalue weighted by molar-refractivity contribution is 5.85. The normalized spacial score (nSPS) is 19.6. The van der Waals surface area contributed by atoms with Gasteiger partial charge in [0.1, 0.15) is 6.04 Å². The molecule has 1 aliphatic rings. The van der Waals surface area contributed by atoms with Gasteiger partial charge < -0.3 is 10.1 Å². The van der Waals surface area contributed by atoms with E-state index >= 15 is 0 Å². The number of rotatable bonds is 3. The average Bonchev–Trinajstić information content (AvgIpc) is 2.20. The number of carbonyl (C=O) groups is 1. The highest BCUT2D eigenvalue weighted by Gasteiger charge is 2.28. The van der Waals surface area contributed by atoms with Crippen molar-refractivity contribution in [1.29, 1.82) is 0 Å². The van der Waals surface area contributed by atoms with Gasteiger partial charge in [0.15, 0.2) is 0 Å². The second-order valence-electron chi connectivity index (χ2n) is 3.69. The molecular weight excluding hydrogens is 202 g/mol. The third-order valence-electron chi connectivity index (χ3n) is 2.89. The Balaban J connectivity index is 0.00000169.